The first-order valence-corrected chi connectivity index (χ1v) is 13.3. The summed E-state index contributed by atoms with van der Waals surface area (Å²) in [5, 5.41) is 0. The van der Waals surface area contributed by atoms with Gasteiger partial charge in [0, 0.05) is 12.2 Å². The monoisotopic (exact) mass is 594 g/mol. The number of esters is 2. The average molecular weight is 595 g/mol. The molecule has 0 saturated heterocycles. The van der Waals surface area contributed by atoms with Crippen LogP contribution in [0.3, 0.4) is 0 Å². The molecule has 13 heteroatoms. The van der Waals surface area contributed by atoms with Crippen LogP contribution in [0, 0.1) is 11.6 Å². The van der Waals surface area contributed by atoms with Crippen molar-refractivity contribution >= 4 is 28.1 Å². The number of hydrogen-bond donors (Lipinski definition) is 0. The van der Waals surface area contributed by atoms with Crippen LogP contribution in [0.4, 0.5) is 22.0 Å². The maximum absolute atomic E-state index is 12.9. The van der Waals surface area contributed by atoms with Gasteiger partial charge in [0.05, 0.1) is 13.2 Å². The van der Waals surface area contributed by atoms with Gasteiger partial charge in [-0.25, -0.2) is 18.4 Å². The normalized spacial score (nSPS) is 10.9. The van der Waals surface area contributed by atoms with Gasteiger partial charge < -0.3 is 13.7 Å². The van der Waals surface area contributed by atoms with Gasteiger partial charge in [-0.1, -0.05) is 26.5 Å². The Bertz CT molecular complexity index is 1260. The Morgan fingerprint density at radius 2 is 1.35 bits per heavy atom. The molecule has 40 heavy (non-hydrogen) atoms. The molecule has 7 nitrogen and oxygen atoms in total. The first kappa shape index (κ1) is 36.3. The first-order valence-electron chi connectivity index (χ1n) is 11.9. The van der Waals surface area contributed by atoms with Crippen LogP contribution >= 0.6 is 0 Å². The number of halogens is 5. The third-order valence-electron chi connectivity index (χ3n) is 4.51. The molecular weight excluding hydrogens is 563 g/mol. The molecule has 0 aromatic heterocycles. The van der Waals surface area contributed by atoms with Crippen LogP contribution in [0.5, 0.6) is 5.75 Å². The summed E-state index contributed by atoms with van der Waals surface area (Å²) in [6.07, 6.45) is 5.01. The average Bonchev–Trinajstić information content (AvgIpc) is 2.89. The fourth-order valence-corrected chi connectivity index (χ4v) is 3.16. The van der Waals surface area contributed by atoms with E-state index in [-0.39, 0.29) is 29.7 Å². The number of benzene rings is 2. The van der Waals surface area contributed by atoms with Gasteiger partial charge in [-0.3, -0.25) is 0 Å². The molecule has 0 heterocycles. The minimum absolute atomic E-state index is 0.0397. The Kier molecular flexibility index (Phi) is 16.1. The number of rotatable bonds is 9. The molecule has 0 unspecified atom stereocenters. The maximum atomic E-state index is 12.9. The van der Waals surface area contributed by atoms with Crippen molar-refractivity contribution in [2.75, 3.05) is 13.2 Å². The maximum Gasteiger partial charge on any atom is 0.534 e. The molecule has 0 radical (unpaired) electrons. The second-order valence-corrected chi connectivity index (χ2v) is 8.86. The predicted molar refractivity (Wildman–Crippen MR) is 140 cm³/mol. The zero-order valence-electron chi connectivity index (χ0n) is 22.4. The van der Waals surface area contributed by atoms with E-state index in [1.807, 2.05) is 6.92 Å². The molecule has 0 fully saturated rings. The summed E-state index contributed by atoms with van der Waals surface area (Å²) in [5.41, 5.74) is -3.75. The van der Waals surface area contributed by atoms with Crippen LogP contribution in [0.25, 0.3) is 6.08 Å². The fourth-order valence-electron chi connectivity index (χ4n) is 2.66. The quantitative estimate of drug-likeness (QED) is 0.110. The number of aryl methyl sites for hydroxylation is 2. The minimum Gasteiger partial charge on any atom is -0.463 e. The highest BCUT2D eigenvalue weighted by molar-refractivity contribution is 7.88. The molecule has 222 valence electrons. The fraction of sp³-hybridized carbons (Fsp3) is 0.333. The summed E-state index contributed by atoms with van der Waals surface area (Å²) in [4.78, 5) is 21.2. The molecule has 2 rings (SSSR count). The Morgan fingerprint density at radius 3 is 1.80 bits per heavy atom. The van der Waals surface area contributed by atoms with Crippen molar-refractivity contribution in [3.05, 3.63) is 83.5 Å². The van der Waals surface area contributed by atoms with Gasteiger partial charge in [-0.15, -0.1) is 0 Å². The lowest BCUT2D eigenvalue weighted by Gasteiger charge is -2.12. The molecule has 0 N–H and O–H groups in total. The summed E-state index contributed by atoms with van der Waals surface area (Å²) in [6.45, 7) is 11.0. The number of carbonyl (C=O) groups is 2. The number of hydrogen-bond acceptors (Lipinski definition) is 7. The van der Waals surface area contributed by atoms with Crippen molar-refractivity contribution in [2.24, 2.45) is 0 Å². The standard InChI is InChI=1S/C13H15FO2.C9H8F4O3S.C5H8O2/c1-3-10-9-12(14)7-5-11(10)6-8-13(15)16-4-2;1-2-6-5-7(10)3-4-8(6)16-17(14,15)9(11,12)13;1-3-5(6)7-4-2/h5-9H,3-4H2,1-2H3;3-5H,2H2,1H3;3H,1,4H2,2H3/b8-6+;;. The lowest BCUT2D eigenvalue weighted by atomic mass is 10.0. The van der Waals surface area contributed by atoms with Gasteiger partial charge in [0.25, 0.3) is 0 Å². The van der Waals surface area contributed by atoms with E-state index >= 15 is 0 Å². The summed E-state index contributed by atoms with van der Waals surface area (Å²) in [5.74, 6) is -2.20. The second kappa shape index (κ2) is 17.8. The lowest BCUT2D eigenvalue weighted by Crippen LogP contribution is -2.28. The molecule has 0 aliphatic rings. The van der Waals surface area contributed by atoms with E-state index in [0.29, 0.717) is 13.2 Å². The molecule has 0 atom stereocenters. The molecule has 0 spiro atoms. The summed E-state index contributed by atoms with van der Waals surface area (Å²) in [7, 11) is -5.72. The number of carbonyl (C=O) groups excluding carboxylic acids is 2. The molecule has 0 saturated carbocycles. The van der Waals surface area contributed by atoms with E-state index in [9.17, 15) is 40.0 Å². The molecule has 0 amide bonds. The van der Waals surface area contributed by atoms with Crippen molar-refractivity contribution < 1.29 is 53.6 Å². The molecule has 2 aromatic rings. The predicted octanol–water partition coefficient (Wildman–Crippen LogP) is 6.32. The van der Waals surface area contributed by atoms with E-state index < -0.39 is 27.2 Å². The van der Waals surface area contributed by atoms with E-state index in [1.165, 1.54) is 25.1 Å². The van der Waals surface area contributed by atoms with Crippen LogP contribution in [0.15, 0.2) is 55.1 Å². The Morgan fingerprint density at radius 1 is 0.850 bits per heavy atom. The summed E-state index contributed by atoms with van der Waals surface area (Å²) in [6, 6.07) is 7.10. The van der Waals surface area contributed by atoms with E-state index in [2.05, 4.69) is 15.5 Å². The van der Waals surface area contributed by atoms with Crippen molar-refractivity contribution in [1.82, 2.24) is 0 Å². The van der Waals surface area contributed by atoms with Crippen LogP contribution in [0.2, 0.25) is 0 Å². The zero-order valence-corrected chi connectivity index (χ0v) is 23.2. The van der Waals surface area contributed by atoms with Gasteiger partial charge in [0.1, 0.15) is 17.4 Å². The van der Waals surface area contributed by atoms with Gasteiger partial charge in [-0.05, 0) is 79.8 Å². The third kappa shape index (κ3) is 13.4. The first-order chi connectivity index (χ1) is 18.6. The molecule has 2 aromatic carbocycles. The molecule has 0 aliphatic carbocycles. The van der Waals surface area contributed by atoms with Crippen LogP contribution in [-0.2, 0) is 42.0 Å². The lowest BCUT2D eigenvalue weighted by molar-refractivity contribution is -0.138. The second-order valence-electron chi connectivity index (χ2n) is 7.33. The summed E-state index contributed by atoms with van der Waals surface area (Å²) < 4.78 is 96.4. The van der Waals surface area contributed by atoms with Crippen molar-refractivity contribution in [2.45, 2.75) is 46.0 Å². The van der Waals surface area contributed by atoms with Gasteiger partial charge in [0.15, 0.2) is 0 Å². The molecular formula is C27H31F5O7S. The van der Waals surface area contributed by atoms with E-state index in [1.54, 1.807) is 26.0 Å². The molecule has 0 aliphatic heterocycles. The van der Waals surface area contributed by atoms with E-state index in [4.69, 9.17) is 4.74 Å². The Hall–Kier alpha value is -3.74. The van der Waals surface area contributed by atoms with Gasteiger partial charge >= 0.3 is 27.6 Å². The van der Waals surface area contributed by atoms with E-state index in [0.717, 1.165) is 41.8 Å². The largest absolute Gasteiger partial charge is 0.534 e. The number of ether oxygens (including phenoxy) is 2. The highest BCUT2D eigenvalue weighted by Gasteiger charge is 2.48. The van der Waals surface area contributed by atoms with Crippen LogP contribution in [0.1, 0.15) is 44.4 Å². The Balaban J connectivity index is 0.000000619. The zero-order chi connectivity index (χ0) is 30.9. The number of alkyl halides is 3. The third-order valence-corrected chi connectivity index (χ3v) is 5.48. The van der Waals surface area contributed by atoms with Crippen molar-refractivity contribution in [1.29, 1.82) is 0 Å². The van der Waals surface area contributed by atoms with Crippen LogP contribution < -0.4 is 4.18 Å². The highest BCUT2D eigenvalue weighted by Crippen LogP contribution is 2.29. The van der Waals surface area contributed by atoms with Crippen LogP contribution in [-0.4, -0.2) is 39.1 Å². The molecule has 0 bridgehead atoms. The Labute approximate surface area is 230 Å². The smallest absolute Gasteiger partial charge is 0.463 e. The van der Waals surface area contributed by atoms with Gasteiger partial charge in [-0.2, -0.15) is 21.6 Å². The highest BCUT2D eigenvalue weighted by atomic mass is 32.2. The topological polar surface area (TPSA) is 96.0 Å². The van der Waals surface area contributed by atoms with Gasteiger partial charge in [0.2, 0.25) is 0 Å². The minimum atomic E-state index is -5.72. The van der Waals surface area contributed by atoms with Crippen molar-refractivity contribution in [3.8, 4) is 5.75 Å². The van der Waals surface area contributed by atoms with Crippen molar-refractivity contribution in [3.63, 3.8) is 0 Å². The summed E-state index contributed by atoms with van der Waals surface area (Å²) >= 11 is 0. The SMILES string of the molecule is C=CC(=O)OCC.CCOC(=O)/C=C/c1ccc(F)cc1CC.CCc1cc(F)ccc1OS(=O)(=O)C(F)(F)F.